The lowest BCUT2D eigenvalue weighted by atomic mass is 10.1. The zero-order valence-corrected chi connectivity index (χ0v) is 14.1. The molecule has 0 fully saturated rings. The van der Waals surface area contributed by atoms with Crippen molar-refractivity contribution < 1.29 is 23.2 Å². The number of hydrogen-bond acceptors (Lipinski definition) is 6. The number of carbonyl (C=O) groups excluding carboxylic acids is 2. The van der Waals surface area contributed by atoms with Crippen LogP contribution in [0.3, 0.4) is 0 Å². The predicted molar refractivity (Wildman–Crippen MR) is 90.2 cm³/mol. The highest BCUT2D eigenvalue weighted by Crippen LogP contribution is 2.28. The molecule has 25 heavy (non-hydrogen) atoms. The molecule has 8 heteroatoms. The number of carbonyl (C=O) groups is 2. The first-order chi connectivity index (χ1) is 12.0. The van der Waals surface area contributed by atoms with Gasteiger partial charge in [-0.25, -0.2) is 9.18 Å². The topological polar surface area (TPSA) is 81.4 Å². The Morgan fingerprint density at radius 1 is 1.24 bits per heavy atom. The summed E-state index contributed by atoms with van der Waals surface area (Å²) >= 11 is 1.16. The summed E-state index contributed by atoms with van der Waals surface area (Å²) < 4.78 is 22.9. The van der Waals surface area contributed by atoms with Crippen LogP contribution in [0.5, 0.6) is 0 Å². The van der Waals surface area contributed by atoms with E-state index >= 15 is 0 Å². The maximum atomic E-state index is 13.1. The van der Waals surface area contributed by atoms with Crippen LogP contribution in [-0.4, -0.2) is 24.1 Å². The minimum Gasteiger partial charge on any atom is -0.465 e. The number of benzene rings is 1. The number of aryl methyl sites for hydroxylation is 1. The number of thiophene rings is 1. The highest BCUT2D eigenvalue weighted by molar-refractivity contribution is 7.12. The minimum absolute atomic E-state index is 0.216. The van der Waals surface area contributed by atoms with E-state index in [1.165, 1.54) is 31.4 Å². The molecular weight excluding hydrogens is 347 g/mol. The van der Waals surface area contributed by atoms with Crippen LogP contribution < -0.4 is 5.32 Å². The first kappa shape index (κ1) is 16.8. The monoisotopic (exact) mass is 360 g/mol. The van der Waals surface area contributed by atoms with Gasteiger partial charge in [0, 0.05) is 5.56 Å². The molecule has 0 aliphatic carbocycles. The van der Waals surface area contributed by atoms with Crippen LogP contribution in [0.4, 0.5) is 10.1 Å². The van der Waals surface area contributed by atoms with E-state index in [1.54, 1.807) is 18.4 Å². The van der Waals surface area contributed by atoms with Crippen molar-refractivity contribution in [2.24, 2.45) is 0 Å². The Kier molecular flexibility index (Phi) is 4.62. The van der Waals surface area contributed by atoms with E-state index in [4.69, 9.17) is 4.52 Å². The summed E-state index contributed by atoms with van der Waals surface area (Å²) in [5.41, 5.74) is 1.40. The molecule has 0 aliphatic heterocycles. The zero-order chi connectivity index (χ0) is 18.0. The quantitative estimate of drug-likeness (QED) is 0.714. The van der Waals surface area contributed by atoms with Gasteiger partial charge >= 0.3 is 5.97 Å². The van der Waals surface area contributed by atoms with Crippen molar-refractivity contribution in [3.05, 3.63) is 57.7 Å². The lowest BCUT2D eigenvalue weighted by molar-refractivity contribution is 0.0607. The number of aromatic nitrogens is 1. The summed E-state index contributed by atoms with van der Waals surface area (Å²) in [4.78, 5) is 24.7. The molecule has 0 atom stereocenters. The Labute approximate surface area is 146 Å². The second-order valence-corrected chi connectivity index (χ2v) is 5.99. The Morgan fingerprint density at radius 3 is 2.64 bits per heavy atom. The van der Waals surface area contributed by atoms with Crippen LogP contribution >= 0.6 is 11.3 Å². The van der Waals surface area contributed by atoms with E-state index < -0.39 is 17.7 Å². The standard InChI is InChI=1S/C17H13FN2O4S/c1-9-13(14(20-24-9)10-3-5-11(18)6-4-10)16(21)19-12-7-8-25-15(12)17(22)23-2/h3-8H,1-2H3,(H,19,21). The molecule has 3 aromatic rings. The summed E-state index contributed by atoms with van der Waals surface area (Å²) in [7, 11) is 1.27. The van der Waals surface area contributed by atoms with Crippen molar-refractivity contribution in [3.8, 4) is 11.3 Å². The fourth-order valence-electron chi connectivity index (χ4n) is 2.29. The normalized spacial score (nSPS) is 10.5. The minimum atomic E-state index is -0.536. The van der Waals surface area contributed by atoms with E-state index in [0.29, 0.717) is 22.7 Å². The molecule has 2 heterocycles. The lowest BCUT2D eigenvalue weighted by Gasteiger charge is -2.06. The summed E-state index contributed by atoms with van der Waals surface area (Å²) in [6.45, 7) is 1.60. The van der Waals surface area contributed by atoms with Gasteiger partial charge in [-0.1, -0.05) is 5.16 Å². The van der Waals surface area contributed by atoms with E-state index in [2.05, 4.69) is 15.2 Å². The highest BCUT2D eigenvalue weighted by Gasteiger charge is 2.24. The van der Waals surface area contributed by atoms with Crippen molar-refractivity contribution in [3.63, 3.8) is 0 Å². The molecule has 1 aromatic carbocycles. The average molecular weight is 360 g/mol. The number of rotatable bonds is 4. The van der Waals surface area contributed by atoms with Crippen LogP contribution in [-0.2, 0) is 4.74 Å². The molecule has 3 rings (SSSR count). The van der Waals surface area contributed by atoms with Gasteiger partial charge in [-0.15, -0.1) is 11.3 Å². The summed E-state index contributed by atoms with van der Waals surface area (Å²) in [6, 6.07) is 7.17. The van der Waals surface area contributed by atoms with Crippen LogP contribution in [0.2, 0.25) is 0 Å². The average Bonchev–Trinajstić information content (AvgIpc) is 3.21. The fourth-order valence-corrected chi connectivity index (χ4v) is 3.05. The first-order valence-corrected chi connectivity index (χ1v) is 8.08. The number of nitrogens with zero attached hydrogens (tertiary/aromatic N) is 1. The van der Waals surface area contributed by atoms with Gasteiger partial charge in [0.2, 0.25) is 0 Å². The number of halogens is 1. The Balaban J connectivity index is 1.94. The molecule has 1 amide bonds. The molecule has 0 spiro atoms. The third kappa shape index (κ3) is 3.29. The van der Waals surface area contributed by atoms with E-state index in [0.717, 1.165) is 11.3 Å². The fraction of sp³-hybridized carbons (Fsp3) is 0.118. The van der Waals surface area contributed by atoms with Gasteiger partial charge in [0.15, 0.2) is 0 Å². The third-order valence-electron chi connectivity index (χ3n) is 3.49. The maximum absolute atomic E-state index is 13.1. The zero-order valence-electron chi connectivity index (χ0n) is 13.3. The second kappa shape index (κ2) is 6.86. The van der Waals surface area contributed by atoms with E-state index in [1.807, 2.05) is 0 Å². The van der Waals surface area contributed by atoms with Crippen molar-refractivity contribution in [2.45, 2.75) is 6.92 Å². The third-order valence-corrected chi connectivity index (χ3v) is 4.39. The largest absolute Gasteiger partial charge is 0.465 e. The van der Waals surface area contributed by atoms with Crippen LogP contribution in [0.15, 0.2) is 40.2 Å². The first-order valence-electron chi connectivity index (χ1n) is 7.20. The van der Waals surface area contributed by atoms with Gasteiger partial charge in [0.05, 0.1) is 12.8 Å². The summed E-state index contributed by atoms with van der Waals surface area (Å²) in [5.74, 6) is -1.10. The van der Waals surface area contributed by atoms with Crippen molar-refractivity contribution in [2.75, 3.05) is 12.4 Å². The number of amides is 1. The van der Waals surface area contributed by atoms with Crippen molar-refractivity contribution in [1.29, 1.82) is 0 Å². The van der Waals surface area contributed by atoms with Crippen molar-refractivity contribution >= 4 is 28.9 Å². The van der Waals surface area contributed by atoms with E-state index in [-0.39, 0.29) is 10.4 Å². The molecule has 1 N–H and O–H groups in total. The molecule has 0 saturated carbocycles. The number of esters is 1. The number of anilines is 1. The van der Waals surface area contributed by atoms with Gasteiger partial charge < -0.3 is 14.6 Å². The maximum Gasteiger partial charge on any atom is 0.350 e. The summed E-state index contributed by atoms with van der Waals surface area (Å²) in [5, 5.41) is 8.23. The van der Waals surface area contributed by atoms with Crippen LogP contribution in [0, 0.1) is 12.7 Å². The molecular formula is C17H13FN2O4S. The van der Waals surface area contributed by atoms with E-state index in [9.17, 15) is 14.0 Å². The highest BCUT2D eigenvalue weighted by atomic mass is 32.1. The Morgan fingerprint density at radius 2 is 1.96 bits per heavy atom. The van der Waals surface area contributed by atoms with Gasteiger partial charge in [-0.05, 0) is 42.6 Å². The molecule has 128 valence electrons. The Bertz CT molecular complexity index is 931. The van der Waals surface area contributed by atoms with Crippen molar-refractivity contribution in [1.82, 2.24) is 5.16 Å². The summed E-state index contributed by atoms with van der Waals surface area (Å²) in [6.07, 6.45) is 0. The molecule has 0 radical (unpaired) electrons. The predicted octanol–water partition coefficient (Wildman–Crippen LogP) is 3.89. The van der Waals surface area contributed by atoms with Crippen LogP contribution in [0.1, 0.15) is 25.8 Å². The number of hydrogen-bond donors (Lipinski definition) is 1. The molecule has 0 aliphatic rings. The molecule has 0 unspecified atom stereocenters. The van der Waals surface area contributed by atoms with Crippen LogP contribution in [0.25, 0.3) is 11.3 Å². The molecule has 6 nitrogen and oxygen atoms in total. The number of methoxy groups -OCH3 is 1. The van der Waals surface area contributed by atoms with Gasteiger partial charge in [-0.2, -0.15) is 0 Å². The lowest BCUT2D eigenvalue weighted by Crippen LogP contribution is -2.15. The molecule has 2 aromatic heterocycles. The van der Waals surface area contributed by atoms with Gasteiger partial charge in [0.1, 0.15) is 27.7 Å². The number of ether oxygens (including phenoxy) is 1. The molecule has 0 bridgehead atoms. The van der Waals surface area contributed by atoms with Gasteiger partial charge in [0.25, 0.3) is 5.91 Å². The second-order valence-electron chi connectivity index (χ2n) is 5.08. The Hall–Kier alpha value is -3.00. The van der Waals surface area contributed by atoms with Gasteiger partial charge in [-0.3, -0.25) is 4.79 Å². The number of nitrogens with one attached hydrogen (secondary N) is 1. The molecule has 0 saturated heterocycles. The smallest absolute Gasteiger partial charge is 0.350 e. The SMILES string of the molecule is COC(=O)c1sccc1NC(=O)c1c(-c2ccc(F)cc2)noc1C.